The van der Waals surface area contributed by atoms with Gasteiger partial charge < -0.3 is 5.11 Å². The molecule has 0 saturated carbocycles. The summed E-state index contributed by atoms with van der Waals surface area (Å²) in [7, 11) is -3.49. The maximum absolute atomic E-state index is 12.6. The zero-order valence-electron chi connectivity index (χ0n) is 11.7. The Morgan fingerprint density at radius 1 is 1.14 bits per heavy atom. The molecule has 1 aliphatic heterocycles. The molecule has 1 N–H and O–H groups in total. The summed E-state index contributed by atoms with van der Waals surface area (Å²) in [5.41, 5.74) is 0.563. The van der Waals surface area contributed by atoms with E-state index in [2.05, 4.69) is 0 Å². The molecule has 0 bridgehead atoms. The van der Waals surface area contributed by atoms with Crippen LogP contribution in [0.4, 0.5) is 0 Å². The van der Waals surface area contributed by atoms with Crippen molar-refractivity contribution in [3.05, 3.63) is 35.9 Å². The van der Waals surface area contributed by atoms with Gasteiger partial charge in [0.25, 0.3) is 0 Å². The van der Waals surface area contributed by atoms with Crippen LogP contribution in [0.15, 0.2) is 35.2 Å². The Bertz CT molecular complexity index is 629. The molecule has 0 atom stereocenters. The average Bonchev–Trinajstić information content (AvgIpc) is 2.75. The van der Waals surface area contributed by atoms with E-state index in [0.29, 0.717) is 18.7 Å². The van der Waals surface area contributed by atoms with Crippen LogP contribution in [0.1, 0.15) is 31.2 Å². The zero-order valence-corrected chi connectivity index (χ0v) is 12.6. The molecule has 2 rings (SSSR count). The van der Waals surface area contributed by atoms with Crippen molar-refractivity contribution in [1.29, 1.82) is 0 Å². The molecule has 6 heteroatoms. The summed E-state index contributed by atoms with van der Waals surface area (Å²) in [6.45, 7) is 1.11. The average molecular weight is 309 g/mol. The number of hydrogen-bond donors (Lipinski definition) is 1. The number of aliphatic carboxylic acids is 1. The first-order valence-corrected chi connectivity index (χ1v) is 8.45. The predicted octanol–water partition coefficient (Wildman–Crippen LogP) is 2.35. The Hall–Kier alpha value is -1.66. The van der Waals surface area contributed by atoms with Crippen LogP contribution in [-0.2, 0) is 14.8 Å². The lowest BCUT2D eigenvalue weighted by molar-refractivity contribution is -0.131. The molecule has 114 valence electrons. The van der Waals surface area contributed by atoms with Crippen molar-refractivity contribution < 1.29 is 18.3 Å². The Labute approximate surface area is 124 Å². The van der Waals surface area contributed by atoms with Crippen LogP contribution in [-0.4, -0.2) is 36.9 Å². The molecule has 21 heavy (non-hydrogen) atoms. The van der Waals surface area contributed by atoms with E-state index in [1.807, 2.05) is 0 Å². The molecule has 1 aliphatic rings. The molecule has 0 radical (unpaired) electrons. The van der Waals surface area contributed by atoms with Crippen molar-refractivity contribution in [1.82, 2.24) is 4.31 Å². The molecule has 1 saturated heterocycles. The van der Waals surface area contributed by atoms with Crippen molar-refractivity contribution in [2.45, 2.75) is 30.6 Å². The van der Waals surface area contributed by atoms with E-state index in [1.54, 1.807) is 18.2 Å². The second kappa shape index (κ2) is 6.87. The lowest BCUT2D eigenvalue weighted by Crippen LogP contribution is -2.31. The van der Waals surface area contributed by atoms with Crippen LogP contribution >= 0.6 is 0 Å². The van der Waals surface area contributed by atoms with Crippen LogP contribution < -0.4 is 0 Å². The highest BCUT2D eigenvalue weighted by Crippen LogP contribution is 2.21. The zero-order chi connectivity index (χ0) is 15.3. The Morgan fingerprint density at radius 3 is 2.43 bits per heavy atom. The summed E-state index contributed by atoms with van der Waals surface area (Å²) in [6.07, 6.45) is 6.29. The number of rotatable bonds is 4. The van der Waals surface area contributed by atoms with Crippen LogP contribution in [0.25, 0.3) is 6.08 Å². The molecule has 1 fully saturated rings. The van der Waals surface area contributed by atoms with Crippen LogP contribution in [0, 0.1) is 0 Å². The molecule has 5 nitrogen and oxygen atoms in total. The molecule has 0 unspecified atom stereocenters. The first-order valence-electron chi connectivity index (χ1n) is 7.01. The number of nitrogens with zero attached hydrogens (tertiary/aromatic N) is 1. The van der Waals surface area contributed by atoms with Gasteiger partial charge in [0.15, 0.2) is 0 Å². The van der Waals surface area contributed by atoms with Gasteiger partial charge in [-0.05, 0) is 36.6 Å². The second-order valence-electron chi connectivity index (χ2n) is 5.06. The van der Waals surface area contributed by atoms with E-state index < -0.39 is 16.0 Å². The maximum Gasteiger partial charge on any atom is 0.328 e. The molecule has 0 aliphatic carbocycles. The Kier molecular flexibility index (Phi) is 5.14. The number of hydrogen-bond acceptors (Lipinski definition) is 3. The van der Waals surface area contributed by atoms with Crippen molar-refractivity contribution in [3.63, 3.8) is 0 Å². The second-order valence-corrected chi connectivity index (χ2v) is 7.00. The minimum absolute atomic E-state index is 0.219. The highest BCUT2D eigenvalue weighted by atomic mass is 32.2. The first kappa shape index (κ1) is 15.7. The number of benzene rings is 1. The van der Waals surface area contributed by atoms with Gasteiger partial charge in [-0.15, -0.1) is 0 Å². The normalized spacial score (nSPS) is 17.7. The third kappa shape index (κ3) is 4.15. The smallest absolute Gasteiger partial charge is 0.328 e. The fourth-order valence-corrected chi connectivity index (χ4v) is 3.95. The minimum atomic E-state index is -3.49. The van der Waals surface area contributed by atoms with E-state index in [0.717, 1.165) is 31.8 Å². The molecule has 1 aromatic rings. The van der Waals surface area contributed by atoms with Gasteiger partial charge in [-0.1, -0.05) is 25.0 Å². The number of sulfonamides is 1. The molecule has 0 aromatic heterocycles. The van der Waals surface area contributed by atoms with E-state index in [4.69, 9.17) is 5.11 Å². The first-order chi connectivity index (χ1) is 10.00. The summed E-state index contributed by atoms with van der Waals surface area (Å²) in [4.78, 5) is 10.7. The number of carboxylic acids is 1. The highest BCUT2D eigenvalue weighted by Gasteiger charge is 2.24. The van der Waals surface area contributed by atoms with Gasteiger partial charge in [-0.3, -0.25) is 0 Å². The van der Waals surface area contributed by atoms with Crippen LogP contribution in [0.5, 0.6) is 0 Å². The summed E-state index contributed by atoms with van der Waals surface area (Å²) in [5, 5.41) is 8.63. The summed E-state index contributed by atoms with van der Waals surface area (Å²) in [5.74, 6) is -1.06. The van der Waals surface area contributed by atoms with E-state index >= 15 is 0 Å². The Balaban J connectivity index is 2.27. The summed E-state index contributed by atoms with van der Waals surface area (Å²) in [6, 6.07) is 6.38. The van der Waals surface area contributed by atoms with Crippen molar-refractivity contribution in [2.75, 3.05) is 13.1 Å². The van der Waals surface area contributed by atoms with E-state index in [9.17, 15) is 13.2 Å². The quantitative estimate of drug-likeness (QED) is 0.866. The molecule has 0 amide bonds. The van der Waals surface area contributed by atoms with Crippen LogP contribution in [0.3, 0.4) is 0 Å². The minimum Gasteiger partial charge on any atom is -0.478 e. The van der Waals surface area contributed by atoms with Crippen molar-refractivity contribution in [2.24, 2.45) is 0 Å². The molecule has 1 aromatic carbocycles. The monoisotopic (exact) mass is 309 g/mol. The Morgan fingerprint density at radius 2 is 1.81 bits per heavy atom. The molecular formula is C15H19NO4S. The fraction of sp³-hybridized carbons (Fsp3) is 0.400. The van der Waals surface area contributed by atoms with E-state index in [1.165, 1.54) is 16.4 Å². The van der Waals surface area contributed by atoms with Gasteiger partial charge in [0.05, 0.1) is 4.90 Å². The number of carbonyl (C=O) groups is 1. The number of carboxylic acid groups (broad SMARTS) is 1. The maximum atomic E-state index is 12.6. The molecule has 0 spiro atoms. The standard InChI is InChI=1S/C15H19NO4S/c17-15(18)9-8-13-6-5-7-14(12-13)21(19,20)16-10-3-1-2-4-11-16/h5-9,12H,1-4,10-11H2,(H,17,18). The van der Waals surface area contributed by atoms with Crippen LogP contribution in [0.2, 0.25) is 0 Å². The predicted molar refractivity (Wildman–Crippen MR) is 80.3 cm³/mol. The van der Waals surface area contributed by atoms with Gasteiger partial charge in [-0.2, -0.15) is 4.31 Å². The van der Waals surface area contributed by atoms with Gasteiger partial charge >= 0.3 is 5.97 Å². The lowest BCUT2D eigenvalue weighted by Gasteiger charge is -2.20. The molecule has 1 heterocycles. The van der Waals surface area contributed by atoms with Gasteiger partial charge in [-0.25, -0.2) is 13.2 Å². The summed E-state index contributed by atoms with van der Waals surface area (Å²) < 4.78 is 26.8. The third-order valence-corrected chi connectivity index (χ3v) is 5.37. The fourth-order valence-electron chi connectivity index (χ4n) is 2.38. The third-order valence-electron chi connectivity index (χ3n) is 3.48. The van der Waals surface area contributed by atoms with E-state index in [-0.39, 0.29) is 4.90 Å². The lowest BCUT2D eigenvalue weighted by atomic mass is 10.2. The highest BCUT2D eigenvalue weighted by molar-refractivity contribution is 7.89. The van der Waals surface area contributed by atoms with Gasteiger partial charge in [0.1, 0.15) is 0 Å². The molecular weight excluding hydrogens is 290 g/mol. The SMILES string of the molecule is O=C(O)C=Cc1cccc(S(=O)(=O)N2CCCCCC2)c1. The summed E-state index contributed by atoms with van der Waals surface area (Å²) >= 11 is 0. The largest absolute Gasteiger partial charge is 0.478 e. The topological polar surface area (TPSA) is 74.7 Å². The van der Waals surface area contributed by atoms with Crippen molar-refractivity contribution >= 4 is 22.1 Å². The van der Waals surface area contributed by atoms with Gasteiger partial charge in [0, 0.05) is 19.2 Å². The van der Waals surface area contributed by atoms with Crippen molar-refractivity contribution in [3.8, 4) is 0 Å². The van der Waals surface area contributed by atoms with Gasteiger partial charge in [0.2, 0.25) is 10.0 Å².